The minimum atomic E-state index is 0. The molecule has 0 bridgehead atoms. The zero-order valence-corrected chi connectivity index (χ0v) is 17.5. The van der Waals surface area contributed by atoms with Crippen molar-refractivity contribution in [3.8, 4) is 0 Å². The Balaban J connectivity index is 0.00000208. The minimum Gasteiger partial charge on any atom is -0.361 e. The van der Waals surface area contributed by atoms with Crippen LogP contribution in [-0.4, -0.2) is 54.3 Å². The van der Waals surface area contributed by atoms with Crippen molar-refractivity contribution >= 4 is 29.9 Å². The zero-order valence-electron chi connectivity index (χ0n) is 15.1. The van der Waals surface area contributed by atoms with Gasteiger partial charge in [0.1, 0.15) is 5.76 Å². The van der Waals surface area contributed by atoms with Gasteiger partial charge in [0.25, 0.3) is 0 Å². The number of nitrogens with one attached hydrogen (secondary N) is 2. The van der Waals surface area contributed by atoms with Crippen molar-refractivity contribution in [2.45, 2.75) is 64.6 Å². The molecule has 2 fully saturated rings. The Morgan fingerprint density at radius 1 is 1.38 bits per heavy atom. The second kappa shape index (κ2) is 8.51. The summed E-state index contributed by atoms with van der Waals surface area (Å²) in [7, 11) is 1.84. The van der Waals surface area contributed by atoms with Gasteiger partial charge in [-0.2, -0.15) is 0 Å². The predicted octanol–water partition coefficient (Wildman–Crippen LogP) is 2.24. The summed E-state index contributed by atoms with van der Waals surface area (Å²) in [4.78, 5) is 7.01. The average Bonchev–Trinajstić information content (AvgIpc) is 3.24. The van der Waals surface area contributed by atoms with Gasteiger partial charge in [-0.25, -0.2) is 0 Å². The standard InChI is InChI=1S/C17H29N5O.HI/c1-11-9-14(10-22(11)15-5-6-15)20-17(18-4)19-8-7-16-12(2)21-23-13(16)3;/h11,14-15H,5-10H2,1-4H3,(H2,18,19,20);1H. The topological polar surface area (TPSA) is 65.7 Å². The Morgan fingerprint density at radius 2 is 2.12 bits per heavy atom. The average molecular weight is 447 g/mol. The number of hydrogen-bond donors (Lipinski definition) is 2. The van der Waals surface area contributed by atoms with Crippen molar-refractivity contribution in [1.82, 2.24) is 20.7 Å². The zero-order chi connectivity index (χ0) is 16.4. The summed E-state index contributed by atoms with van der Waals surface area (Å²) in [6.07, 6.45) is 4.85. The van der Waals surface area contributed by atoms with Crippen LogP contribution < -0.4 is 10.6 Å². The fraction of sp³-hybridized carbons (Fsp3) is 0.765. The number of aromatic nitrogens is 1. The van der Waals surface area contributed by atoms with Gasteiger partial charge in [-0.05, 0) is 46.5 Å². The van der Waals surface area contributed by atoms with Crippen LogP contribution in [0.1, 0.15) is 43.2 Å². The third kappa shape index (κ3) is 4.62. The molecule has 2 atom stereocenters. The van der Waals surface area contributed by atoms with E-state index >= 15 is 0 Å². The van der Waals surface area contributed by atoms with Crippen LogP contribution in [0.4, 0.5) is 0 Å². The maximum atomic E-state index is 5.21. The van der Waals surface area contributed by atoms with Gasteiger partial charge in [0.2, 0.25) is 0 Å². The fourth-order valence-corrected chi connectivity index (χ4v) is 3.63. The molecule has 0 spiro atoms. The van der Waals surface area contributed by atoms with Crippen molar-refractivity contribution in [2.75, 3.05) is 20.1 Å². The highest BCUT2D eigenvalue weighted by atomic mass is 127. The highest BCUT2D eigenvalue weighted by Gasteiger charge is 2.38. The third-order valence-corrected chi connectivity index (χ3v) is 5.05. The van der Waals surface area contributed by atoms with Crippen LogP contribution in [0.15, 0.2) is 9.52 Å². The SMILES string of the molecule is CN=C(NCCc1c(C)noc1C)NC1CC(C)N(C2CC2)C1.I. The van der Waals surface area contributed by atoms with Gasteiger partial charge in [0.15, 0.2) is 5.96 Å². The van der Waals surface area contributed by atoms with E-state index in [-0.39, 0.29) is 24.0 Å². The van der Waals surface area contributed by atoms with Crippen molar-refractivity contribution in [3.63, 3.8) is 0 Å². The maximum Gasteiger partial charge on any atom is 0.191 e. The summed E-state index contributed by atoms with van der Waals surface area (Å²) in [5, 5.41) is 11.0. The summed E-state index contributed by atoms with van der Waals surface area (Å²) in [5.74, 6) is 1.81. The normalized spacial score (nSPS) is 24.8. The number of nitrogens with zero attached hydrogens (tertiary/aromatic N) is 3. The smallest absolute Gasteiger partial charge is 0.191 e. The molecule has 1 aliphatic carbocycles. The maximum absolute atomic E-state index is 5.21. The monoisotopic (exact) mass is 447 g/mol. The lowest BCUT2D eigenvalue weighted by Crippen LogP contribution is -2.45. The Kier molecular flexibility index (Phi) is 6.91. The number of rotatable bonds is 5. The Morgan fingerprint density at radius 3 is 2.71 bits per heavy atom. The van der Waals surface area contributed by atoms with E-state index in [1.165, 1.54) is 24.8 Å². The summed E-state index contributed by atoms with van der Waals surface area (Å²) in [6, 6.07) is 2.02. The van der Waals surface area contributed by atoms with Crippen LogP contribution in [0, 0.1) is 13.8 Å². The summed E-state index contributed by atoms with van der Waals surface area (Å²) in [6.45, 7) is 8.27. The number of aryl methyl sites for hydroxylation is 2. The minimum absolute atomic E-state index is 0. The van der Waals surface area contributed by atoms with Crippen LogP contribution in [0.5, 0.6) is 0 Å². The molecule has 6 nitrogen and oxygen atoms in total. The van der Waals surface area contributed by atoms with Gasteiger partial charge in [0, 0.05) is 43.8 Å². The van der Waals surface area contributed by atoms with Crippen LogP contribution in [0.25, 0.3) is 0 Å². The third-order valence-electron chi connectivity index (χ3n) is 5.05. The first kappa shape index (κ1) is 19.5. The molecule has 2 N–H and O–H groups in total. The predicted molar refractivity (Wildman–Crippen MR) is 107 cm³/mol. The number of likely N-dealkylation sites (tertiary alicyclic amines) is 1. The van der Waals surface area contributed by atoms with E-state index in [9.17, 15) is 0 Å². The van der Waals surface area contributed by atoms with Crippen LogP contribution >= 0.6 is 24.0 Å². The molecule has 7 heteroatoms. The molecular weight excluding hydrogens is 417 g/mol. The number of guanidine groups is 1. The lowest BCUT2D eigenvalue weighted by atomic mass is 10.1. The van der Waals surface area contributed by atoms with E-state index in [1.807, 2.05) is 20.9 Å². The van der Waals surface area contributed by atoms with Crippen molar-refractivity contribution in [1.29, 1.82) is 0 Å². The molecule has 0 radical (unpaired) electrons. The van der Waals surface area contributed by atoms with Gasteiger partial charge >= 0.3 is 0 Å². The van der Waals surface area contributed by atoms with Gasteiger partial charge in [0.05, 0.1) is 5.69 Å². The van der Waals surface area contributed by atoms with Crippen molar-refractivity contribution in [2.24, 2.45) is 4.99 Å². The number of aliphatic imine (C=N–C) groups is 1. The summed E-state index contributed by atoms with van der Waals surface area (Å²) >= 11 is 0. The lowest BCUT2D eigenvalue weighted by molar-refractivity contribution is 0.256. The second-order valence-corrected chi connectivity index (χ2v) is 6.91. The van der Waals surface area contributed by atoms with E-state index < -0.39 is 0 Å². The molecular formula is C17H30IN5O. The number of halogens is 1. The van der Waals surface area contributed by atoms with Gasteiger partial charge in [-0.15, -0.1) is 24.0 Å². The molecule has 1 aromatic rings. The molecule has 1 saturated heterocycles. The van der Waals surface area contributed by atoms with Gasteiger partial charge in [-0.1, -0.05) is 5.16 Å². The van der Waals surface area contributed by atoms with Gasteiger partial charge < -0.3 is 15.2 Å². The fourth-order valence-electron chi connectivity index (χ4n) is 3.63. The molecule has 0 aromatic carbocycles. The van der Waals surface area contributed by atoms with Crippen LogP contribution in [-0.2, 0) is 6.42 Å². The summed E-state index contributed by atoms with van der Waals surface area (Å²) in [5.41, 5.74) is 2.18. The molecule has 24 heavy (non-hydrogen) atoms. The highest BCUT2D eigenvalue weighted by molar-refractivity contribution is 14.0. The summed E-state index contributed by atoms with van der Waals surface area (Å²) < 4.78 is 5.21. The Bertz CT molecular complexity index is 550. The van der Waals surface area contributed by atoms with Crippen molar-refractivity contribution in [3.05, 3.63) is 17.0 Å². The quantitative estimate of drug-likeness (QED) is 0.412. The molecule has 2 heterocycles. The highest BCUT2D eigenvalue weighted by Crippen LogP contribution is 2.33. The molecule has 2 aliphatic rings. The number of hydrogen-bond acceptors (Lipinski definition) is 4. The van der Waals surface area contributed by atoms with E-state index in [0.717, 1.165) is 43.0 Å². The lowest BCUT2D eigenvalue weighted by Gasteiger charge is -2.20. The first-order valence-electron chi connectivity index (χ1n) is 8.73. The second-order valence-electron chi connectivity index (χ2n) is 6.91. The largest absolute Gasteiger partial charge is 0.361 e. The molecule has 1 aromatic heterocycles. The Hall–Kier alpha value is -0.830. The van der Waals surface area contributed by atoms with Crippen LogP contribution in [0.3, 0.4) is 0 Å². The first-order chi connectivity index (χ1) is 11.1. The van der Waals surface area contributed by atoms with E-state index in [2.05, 4.69) is 32.6 Å². The molecule has 2 unspecified atom stereocenters. The molecule has 1 saturated carbocycles. The van der Waals surface area contributed by atoms with Crippen molar-refractivity contribution < 1.29 is 4.52 Å². The first-order valence-corrected chi connectivity index (χ1v) is 8.73. The molecule has 3 rings (SSSR count). The van der Waals surface area contributed by atoms with Gasteiger partial charge in [-0.3, -0.25) is 9.89 Å². The molecule has 0 amide bonds. The van der Waals surface area contributed by atoms with Crippen LogP contribution in [0.2, 0.25) is 0 Å². The van der Waals surface area contributed by atoms with E-state index in [4.69, 9.17) is 4.52 Å². The Labute approximate surface area is 161 Å². The molecule has 1 aliphatic heterocycles. The van der Waals surface area contributed by atoms with E-state index in [1.54, 1.807) is 0 Å². The molecule has 136 valence electrons. The van der Waals surface area contributed by atoms with E-state index in [0.29, 0.717) is 12.1 Å².